The molecule has 6 heteroatoms. The van der Waals surface area contributed by atoms with Gasteiger partial charge in [-0.1, -0.05) is 48.5 Å². The number of carbonyl (C=O) groups is 1. The third-order valence-electron chi connectivity index (χ3n) is 4.68. The minimum atomic E-state index is -0.748. The van der Waals surface area contributed by atoms with E-state index in [0.29, 0.717) is 23.7 Å². The van der Waals surface area contributed by atoms with Crippen LogP contribution in [0.5, 0.6) is 0 Å². The molecule has 0 amide bonds. The molecule has 2 aromatic carbocycles. The normalized spacial score (nSPS) is 11.9. The molecule has 0 aliphatic carbocycles. The number of oxazole rings is 1. The van der Waals surface area contributed by atoms with E-state index in [4.69, 9.17) is 4.42 Å². The average molecular weight is 401 g/mol. The third kappa shape index (κ3) is 4.34. The van der Waals surface area contributed by atoms with Crippen LogP contribution in [-0.4, -0.2) is 15.8 Å². The summed E-state index contributed by atoms with van der Waals surface area (Å²) in [6.07, 6.45) is 1.69. The van der Waals surface area contributed by atoms with Crippen LogP contribution in [0.1, 0.15) is 33.7 Å². The van der Waals surface area contributed by atoms with Crippen LogP contribution in [0.4, 0.5) is 4.39 Å². The number of pyridine rings is 1. The third-order valence-corrected chi connectivity index (χ3v) is 4.68. The van der Waals surface area contributed by atoms with E-state index >= 15 is 0 Å². The van der Waals surface area contributed by atoms with Crippen molar-refractivity contribution >= 4 is 5.78 Å². The van der Waals surface area contributed by atoms with Crippen molar-refractivity contribution in [3.05, 3.63) is 108 Å². The summed E-state index contributed by atoms with van der Waals surface area (Å²) in [6, 6.07) is 20.1. The van der Waals surface area contributed by atoms with E-state index in [1.165, 1.54) is 12.1 Å². The van der Waals surface area contributed by atoms with Gasteiger partial charge >= 0.3 is 0 Å². The monoisotopic (exact) mass is 401 g/mol. The highest BCUT2D eigenvalue weighted by atomic mass is 19.1. The molecule has 1 unspecified atom stereocenters. The predicted octanol–water partition coefficient (Wildman–Crippen LogP) is 4.90. The van der Waals surface area contributed by atoms with Gasteiger partial charge in [-0.05, 0) is 29.8 Å². The standard InChI is InChI=1S/C24H20FN3O2/c1-16-28-22(17-7-3-2-4-8-17)24(30-16)23(29)21(18-10-12-19(25)13-11-18)27-15-20-9-5-6-14-26-20/h2-14,21,27H,15H2,1H3. The number of carbonyl (C=O) groups excluding carboxylic acids is 1. The van der Waals surface area contributed by atoms with E-state index in [0.717, 1.165) is 11.3 Å². The minimum absolute atomic E-state index is 0.168. The van der Waals surface area contributed by atoms with Crippen LogP contribution in [0.25, 0.3) is 11.3 Å². The minimum Gasteiger partial charge on any atom is -0.437 e. The maximum atomic E-state index is 13.5. The van der Waals surface area contributed by atoms with Crippen molar-refractivity contribution in [3.8, 4) is 11.3 Å². The number of aromatic nitrogens is 2. The number of aryl methyl sites for hydroxylation is 1. The molecule has 5 nitrogen and oxygen atoms in total. The van der Waals surface area contributed by atoms with Crippen LogP contribution in [0, 0.1) is 12.7 Å². The van der Waals surface area contributed by atoms with E-state index in [2.05, 4.69) is 15.3 Å². The van der Waals surface area contributed by atoms with Gasteiger partial charge in [0.2, 0.25) is 5.78 Å². The number of hydrogen-bond donors (Lipinski definition) is 1. The summed E-state index contributed by atoms with van der Waals surface area (Å²) in [5, 5.41) is 3.24. The summed E-state index contributed by atoms with van der Waals surface area (Å²) in [7, 11) is 0. The average Bonchev–Trinajstić information content (AvgIpc) is 3.18. The molecule has 0 saturated carbocycles. The number of halogens is 1. The molecule has 0 bridgehead atoms. The van der Waals surface area contributed by atoms with Gasteiger partial charge in [-0.15, -0.1) is 0 Å². The zero-order valence-corrected chi connectivity index (χ0v) is 16.4. The number of ketones is 1. The van der Waals surface area contributed by atoms with E-state index in [1.54, 1.807) is 25.3 Å². The molecule has 0 radical (unpaired) electrons. The van der Waals surface area contributed by atoms with E-state index in [-0.39, 0.29) is 17.4 Å². The van der Waals surface area contributed by atoms with Gasteiger partial charge in [-0.3, -0.25) is 15.1 Å². The molecular formula is C24H20FN3O2. The fourth-order valence-electron chi connectivity index (χ4n) is 3.24. The molecule has 0 aliphatic rings. The Hall–Kier alpha value is -3.64. The van der Waals surface area contributed by atoms with Crippen molar-refractivity contribution in [1.82, 2.24) is 15.3 Å². The van der Waals surface area contributed by atoms with Gasteiger partial charge < -0.3 is 4.42 Å². The van der Waals surface area contributed by atoms with Gasteiger partial charge in [0.05, 0.1) is 5.69 Å². The Kier molecular flexibility index (Phi) is 5.77. The molecule has 150 valence electrons. The lowest BCUT2D eigenvalue weighted by Crippen LogP contribution is -2.29. The number of Topliss-reactive ketones (excluding diaryl/α,β-unsaturated/α-hetero) is 1. The van der Waals surface area contributed by atoms with Gasteiger partial charge in [0, 0.05) is 25.2 Å². The molecule has 0 saturated heterocycles. The first-order chi connectivity index (χ1) is 14.6. The van der Waals surface area contributed by atoms with Crippen molar-refractivity contribution in [1.29, 1.82) is 0 Å². The summed E-state index contributed by atoms with van der Waals surface area (Å²) >= 11 is 0. The summed E-state index contributed by atoms with van der Waals surface area (Å²) in [4.78, 5) is 22.3. The van der Waals surface area contributed by atoms with Crippen molar-refractivity contribution in [2.45, 2.75) is 19.5 Å². The number of benzene rings is 2. The topological polar surface area (TPSA) is 68.0 Å². The summed E-state index contributed by atoms with van der Waals surface area (Å²) in [5.74, 6) is -0.0755. The molecule has 0 aliphatic heterocycles. The molecule has 4 rings (SSSR count). The van der Waals surface area contributed by atoms with Crippen LogP contribution in [0.15, 0.2) is 83.4 Å². The molecule has 30 heavy (non-hydrogen) atoms. The number of nitrogens with one attached hydrogen (secondary N) is 1. The Labute approximate surface area is 173 Å². The molecule has 0 spiro atoms. The highest BCUT2D eigenvalue weighted by Gasteiger charge is 2.29. The maximum Gasteiger partial charge on any atom is 0.221 e. The molecule has 2 aromatic heterocycles. The van der Waals surface area contributed by atoms with Crippen molar-refractivity contribution < 1.29 is 13.6 Å². The van der Waals surface area contributed by atoms with Crippen molar-refractivity contribution in [2.24, 2.45) is 0 Å². The fraction of sp³-hybridized carbons (Fsp3) is 0.125. The lowest BCUT2D eigenvalue weighted by Gasteiger charge is -2.17. The second-order valence-electron chi connectivity index (χ2n) is 6.83. The molecule has 4 aromatic rings. The number of hydrogen-bond acceptors (Lipinski definition) is 5. The Morgan fingerprint density at radius 1 is 1.03 bits per heavy atom. The number of nitrogens with zero attached hydrogens (tertiary/aromatic N) is 2. The Balaban J connectivity index is 1.70. The predicted molar refractivity (Wildman–Crippen MR) is 111 cm³/mol. The van der Waals surface area contributed by atoms with E-state index in [1.807, 2.05) is 48.5 Å². The lowest BCUT2D eigenvalue weighted by atomic mass is 9.98. The summed E-state index contributed by atoms with van der Waals surface area (Å²) in [5.41, 5.74) is 2.70. The molecular weight excluding hydrogens is 381 g/mol. The second kappa shape index (κ2) is 8.80. The van der Waals surface area contributed by atoms with Gasteiger partial charge in [0.25, 0.3) is 0 Å². The van der Waals surface area contributed by atoms with E-state index < -0.39 is 6.04 Å². The maximum absolute atomic E-state index is 13.5. The zero-order valence-electron chi connectivity index (χ0n) is 16.4. The Morgan fingerprint density at radius 3 is 2.47 bits per heavy atom. The quantitative estimate of drug-likeness (QED) is 0.446. The van der Waals surface area contributed by atoms with Crippen LogP contribution in [0.3, 0.4) is 0 Å². The van der Waals surface area contributed by atoms with Gasteiger partial charge in [0.1, 0.15) is 17.6 Å². The Morgan fingerprint density at radius 2 is 1.77 bits per heavy atom. The van der Waals surface area contributed by atoms with Crippen molar-refractivity contribution in [2.75, 3.05) is 0 Å². The van der Waals surface area contributed by atoms with Crippen LogP contribution < -0.4 is 5.32 Å². The molecule has 1 N–H and O–H groups in total. The fourth-order valence-corrected chi connectivity index (χ4v) is 3.24. The second-order valence-corrected chi connectivity index (χ2v) is 6.83. The molecule has 0 fully saturated rings. The highest BCUT2D eigenvalue weighted by Crippen LogP contribution is 2.28. The van der Waals surface area contributed by atoms with Gasteiger partial charge in [-0.25, -0.2) is 9.37 Å². The summed E-state index contributed by atoms with van der Waals surface area (Å²) < 4.78 is 19.2. The zero-order chi connectivity index (χ0) is 20.9. The van der Waals surface area contributed by atoms with Crippen LogP contribution >= 0.6 is 0 Å². The van der Waals surface area contributed by atoms with E-state index in [9.17, 15) is 9.18 Å². The smallest absolute Gasteiger partial charge is 0.221 e. The first-order valence-electron chi connectivity index (χ1n) is 9.57. The summed E-state index contributed by atoms with van der Waals surface area (Å²) in [6.45, 7) is 2.07. The highest BCUT2D eigenvalue weighted by molar-refractivity contribution is 6.02. The van der Waals surface area contributed by atoms with Gasteiger partial charge in [-0.2, -0.15) is 0 Å². The number of rotatable bonds is 7. The van der Waals surface area contributed by atoms with Crippen LogP contribution in [0.2, 0.25) is 0 Å². The largest absolute Gasteiger partial charge is 0.437 e. The van der Waals surface area contributed by atoms with Crippen LogP contribution in [-0.2, 0) is 6.54 Å². The lowest BCUT2D eigenvalue weighted by molar-refractivity contribution is 0.0913. The van der Waals surface area contributed by atoms with Gasteiger partial charge in [0.15, 0.2) is 11.7 Å². The van der Waals surface area contributed by atoms with Crippen molar-refractivity contribution in [3.63, 3.8) is 0 Å². The molecule has 2 heterocycles. The Bertz CT molecular complexity index is 1130. The first kappa shape index (κ1) is 19.7. The SMILES string of the molecule is Cc1nc(-c2ccccc2)c(C(=O)C(NCc2ccccn2)c2ccc(F)cc2)o1. The molecule has 1 atom stereocenters. The first-order valence-corrected chi connectivity index (χ1v) is 9.57.